The molecule has 0 atom stereocenters. The summed E-state index contributed by atoms with van der Waals surface area (Å²) in [7, 11) is 0. The van der Waals surface area contributed by atoms with Gasteiger partial charge >= 0.3 is 0 Å². The number of nitrogens with zero attached hydrogens (tertiary/aromatic N) is 4. The Kier molecular flexibility index (Phi) is 5.65. The van der Waals surface area contributed by atoms with Crippen LogP contribution in [0.1, 0.15) is 11.4 Å². The molecule has 0 fully saturated rings. The highest BCUT2D eigenvalue weighted by Crippen LogP contribution is 2.23. The van der Waals surface area contributed by atoms with Gasteiger partial charge in [0.15, 0.2) is 0 Å². The number of halogens is 2. The molecule has 0 aliphatic rings. The number of carbonyl (C=O) groups is 1. The van der Waals surface area contributed by atoms with Gasteiger partial charge in [-0.3, -0.25) is 9.36 Å². The van der Waals surface area contributed by atoms with Crippen LogP contribution in [-0.2, 0) is 11.2 Å². The van der Waals surface area contributed by atoms with E-state index in [0.717, 1.165) is 18.0 Å². The molecule has 0 unspecified atom stereocenters. The number of benzene rings is 2. The third-order valence-electron chi connectivity index (χ3n) is 4.43. The predicted octanol–water partition coefficient (Wildman–Crippen LogP) is 4.22. The molecule has 2 heterocycles. The number of aryl methyl sites for hydroxylation is 1. The van der Waals surface area contributed by atoms with Gasteiger partial charge in [-0.15, -0.1) is 0 Å². The number of carbonyl (C=O) groups excluding carboxylic acids is 1. The summed E-state index contributed by atoms with van der Waals surface area (Å²) in [6.45, 7) is 1.86. The normalized spacial score (nSPS) is 10.7. The standard InChI is InChI=1S/C22H17F2N5O2/c1-14-25-8-9-29(14)20-12-22(27-13-26-20)31-18-6-4-17(5-7-18)28-21(30)10-15-2-3-16(23)11-19(15)24/h2-9,11-13H,10H2,1H3,(H,28,30). The molecule has 0 aliphatic carbocycles. The summed E-state index contributed by atoms with van der Waals surface area (Å²) in [6.07, 6.45) is 4.65. The molecular weight excluding hydrogens is 404 g/mol. The van der Waals surface area contributed by atoms with Crippen molar-refractivity contribution >= 4 is 11.6 Å². The molecule has 156 valence electrons. The van der Waals surface area contributed by atoms with Gasteiger partial charge in [-0.1, -0.05) is 6.07 Å². The lowest BCUT2D eigenvalue weighted by molar-refractivity contribution is -0.115. The number of imidazole rings is 1. The van der Waals surface area contributed by atoms with E-state index >= 15 is 0 Å². The van der Waals surface area contributed by atoms with Crippen LogP contribution in [0.5, 0.6) is 11.6 Å². The fraction of sp³-hybridized carbons (Fsp3) is 0.0909. The Morgan fingerprint density at radius 3 is 2.58 bits per heavy atom. The van der Waals surface area contributed by atoms with Gasteiger partial charge in [0.2, 0.25) is 11.8 Å². The number of ether oxygens (including phenoxy) is 1. The Morgan fingerprint density at radius 1 is 1.06 bits per heavy atom. The topological polar surface area (TPSA) is 81.9 Å². The van der Waals surface area contributed by atoms with Crippen LogP contribution in [0.25, 0.3) is 5.82 Å². The van der Waals surface area contributed by atoms with Gasteiger partial charge in [-0.25, -0.2) is 23.7 Å². The Morgan fingerprint density at radius 2 is 1.87 bits per heavy atom. The van der Waals surface area contributed by atoms with Gasteiger partial charge in [0.05, 0.1) is 6.42 Å². The Balaban J connectivity index is 1.39. The molecule has 2 aromatic heterocycles. The van der Waals surface area contributed by atoms with Crippen molar-refractivity contribution in [1.29, 1.82) is 0 Å². The molecular formula is C22H17F2N5O2. The largest absolute Gasteiger partial charge is 0.439 e. The average Bonchev–Trinajstić information content (AvgIpc) is 3.18. The summed E-state index contributed by atoms with van der Waals surface area (Å²) < 4.78 is 34.2. The zero-order valence-electron chi connectivity index (χ0n) is 16.4. The third kappa shape index (κ3) is 4.89. The van der Waals surface area contributed by atoms with Crippen molar-refractivity contribution in [3.05, 3.63) is 90.3 Å². The molecule has 1 amide bonds. The first-order valence-corrected chi connectivity index (χ1v) is 9.32. The second-order valence-electron chi connectivity index (χ2n) is 6.65. The summed E-state index contributed by atoms with van der Waals surface area (Å²) in [5.74, 6) is 0.399. The van der Waals surface area contributed by atoms with Crippen LogP contribution in [0, 0.1) is 18.6 Å². The van der Waals surface area contributed by atoms with Crippen LogP contribution in [-0.4, -0.2) is 25.4 Å². The maximum atomic E-state index is 13.7. The van der Waals surface area contributed by atoms with Crippen molar-refractivity contribution in [1.82, 2.24) is 19.5 Å². The quantitative estimate of drug-likeness (QED) is 0.504. The van der Waals surface area contributed by atoms with Crippen molar-refractivity contribution in [3.8, 4) is 17.4 Å². The van der Waals surface area contributed by atoms with E-state index < -0.39 is 17.5 Å². The van der Waals surface area contributed by atoms with Gasteiger partial charge in [-0.2, -0.15) is 0 Å². The van der Waals surface area contributed by atoms with E-state index in [2.05, 4.69) is 20.3 Å². The number of anilines is 1. The first kappa shape index (κ1) is 20.1. The van der Waals surface area contributed by atoms with Crippen molar-refractivity contribution in [2.24, 2.45) is 0 Å². The van der Waals surface area contributed by atoms with E-state index in [1.54, 1.807) is 47.3 Å². The Bertz CT molecular complexity index is 1220. The zero-order chi connectivity index (χ0) is 21.8. The number of rotatable bonds is 6. The van der Waals surface area contributed by atoms with Gasteiger partial charge in [0, 0.05) is 30.2 Å². The van der Waals surface area contributed by atoms with Gasteiger partial charge in [-0.05, 0) is 42.8 Å². The highest BCUT2D eigenvalue weighted by atomic mass is 19.1. The number of hydrogen-bond donors (Lipinski definition) is 1. The summed E-state index contributed by atoms with van der Waals surface area (Å²) in [6, 6.07) is 11.4. The van der Waals surface area contributed by atoms with Gasteiger partial charge in [0.1, 0.15) is 35.4 Å². The van der Waals surface area contributed by atoms with Crippen LogP contribution in [0.2, 0.25) is 0 Å². The van der Waals surface area contributed by atoms with Crippen molar-refractivity contribution in [3.63, 3.8) is 0 Å². The fourth-order valence-electron chi connectivity index (χ4n) is 2.91. The lowest BCUT2D eigenvalue weighted by Crippen LogP contribution is -2.15. The van der Waals surface area contributed by atoms with E-state index in [1.807, 2.05) is 6.92 Å². The monoisotopic (exact) mass is 421 g/mol. The number of hydrogen-bond acceptors (Lipinski definition) is 5. The van der Waals surface area contributed by atoms with Crippen LogP contribution < -0.4 is 10.1 Å². The molecule has 0 spiro atoms. The fourth-order valence-corrected chi connectivity index (χ4v) is 2.91. The molecule has 0 saturated carbocycles. The summed E-state index contributed by atoms with van der Waals surface area (Å²) >= 11 is 0. The summed E-state index contributed by atoms with van der Waals surface area (Å²) in [5, 5.41) is 2.67. The first-order chi connectivity index (χ1) is 15.0. The van der Waals surface area contributed by atoms with E-state index in [4.69, 9.17) is 4.74 Å². The lowest BCUT2D eigenvalue weighted by Gasteiger charge is -2.09. The maximum Gasteiger partial charge on any atom is 0.228 e. The maximum absolute atomic E-state index is 13.7. The molecule has 0 bridgehead atoms. The molecule has 0 aliphatic heterocycles. The SMILES string of the molecule is Cc1nccn1-c1cc(Oc2ccc(NC(=O)Cc3ccc(F)cc3F)cc2)ncn1. The molecule has 1 N–H and O–H groups in total. The average molecular weight is 421 g/mol. The first-order valence-electron chi connectivity index (χ1n) is 9.32. The lowest BCUT2D eigenvalue weighted by atomic mass is 10.1. The van der Waals surface area contributed by atoms with Crippen LogP contribution in [0.3, 0.4) is 0 Å². The molecule has 2 aromatic carbocycles. The van der Waals surface area contributed by atoms with E-state index in [1.165, 1.54) is 12.4 Å². The molecule has 9 heteroatoms. The van der Waals surface area contributed by atoms with E-state index in [-0.39, 0.29) is 12.0 Å². The number of amides is 1. The van der Waals surface area contributed by atoms with Crippen molar-refractivity contribution in [2.75, 3.05) is 5.32 Å². The number of aromatic nitrogens is 4. The minimum Gasteiger partial charge on any atom is -0.439 e. The molecule has 31 heavy (non-hydrogen) atoms. The van der Waals surface area contributed by atoms with Crippen molar-refractivity contribution in [2.45, 2.75) is 13.3 Å². The molecule has 0 radical (unpaired) electrons. The minimum atomic E-state index is -0.756. The molecule has 4 rings (SSSR count). The zero-order valence-corrected chi connectivity index (χ0v) is 16.4. The molecule has 0 saturated heterocycles. The Hall–Kier alpha value is -4.14. The predicted molar refractivity (Wildman–Crippen MR) is 109 cm³/mol. The second kappa shape index (κ2) is 8.70. The van der Waals surface area contributed by atoms with Gasteiger partial charge < -0.3 is 10.1 Å². The molecule has 7 nitrogen and oxygen atoms in total. The molecule has 4 aromatic rings. The summed E-state index contributed by atoms with van der Waals surface area (Å²) in [4.78, 5) is 24.6. The summed E-state index contributed by atoms with van der Waals surface area (Å²) in [5.41, 5.74) is 0.629. The van der Waals surface area contributed by atoms with Crippen LogP contribution >= 0.6 is 0 Å². The highest BCUT2D eigenvalue weighted by molar-refractivity contribution is 5.92. The third-order valence-corrected chi connectivity index (χ3v) is 4.43. The highest BCUT2D eigenvalue weighted by Gasteiger charge is 2.10. The van der Waals surface area contributed by atoms with Gasteiger partial charge in [0.25, 0.3) is 0 Å². The van der Waals surface area contributed by atoms with Crippen LogP contribution in [0.4, 0.5) is 14.5 Å². The van der Waals surface area contributed by atoms with Crippen LogP contribution in [0.15, 0.2) is 67.3 Å². The second-order valence-corrected chi connectivity index (χ2v) is 6.65. The minimum absolute atomic E-state index is 0.117. The van der Waals surface area contributed by atoms with E-state index in [9.17, 15) is 13.6 Å². The number of nitrogens with one attached hydrogen (secondary N) is 1. The Labute approximate surface area is 176 Å². The smallest absolute Gasteiger partial charge is 0.228 e. The van der Waals surface area contributed by atoms with Crippen molar-refractivity contribution < 1.29 is 18.3 Å². The van der Waals surface area contributed by atoms with E-state index in [0.29, 0.717) is 23.1 Å².